The SMILES string of the molecule is CCn1ncc(C)c1CNCc1ccn(CC(F)F)n1.Cl. The fraction of sp³-hybridized carbons (Fsp3) is 0.538. The van der Waals surface area contributed by atoms with Gasteiger partial charge >= 0.3 is 0 Å². The van der Waals surface area contributed by atoms with Gasteiger partial charge in [-0.2, -0.15) is 10.2 Å². The molecule has 0 atom stereocenters. The fourth-order valence-corrected chi connectivity index (χ4v) is 2.06. The second kappa shape index (κ2) is 8.09. The van der Waals surface area contributed by atoms with Crippen molar-refractivity contribution in [2.24, 2.45) is 0 Å². The lowest BCUT2D eigenvalue weighted by molar-refractivity contribution is 0.121. The Labute approximate surface area is 128 Å². The molecule has 0 saturated carbocycles. The largest absolute Gasteiger partial charge is 0.305 e. The van der Waals surface area contributed by atoms with E-state index in [1.165, 1.54) is 4.68 Å². The highest BCUT2D eigenvalue weighted by atomic mass is 35.5. The lowest BCUT2D eigenvalue weighted by Gasteiger charge is -2.07. The second-order valence-electron chi connectivity index (χ2n) is 4.61. The Hall–Kier alpha value is -1.47. The van der Waals surface area contributed by atoms with Gasteiger partial charge in [-0.15, -0.1) is 12.4 Å². The second-order valence-corrected chi connectivity index (χ2v) is 4.61. The molecule has 5 nitrogen and oxygen atoms in total. The maximum atomic E-state index is 12.2. The van der Waals surface area contributed by atoms with Crippen LogP contribution in [0.4, 0.5) is 8.78 Å². The first-order valence-electron chi connectivity index (χ1n) is 6.62. The number of halogens is 3. The van der Waals surface area contributed by atoms with Crippen molar-refractivity contribution >= 4 is 12.4 Å². The summed E-state index contributed by atoms with van der Waals surface area (Å²) in [6, 6.07) is 1.75. The Morgan fingerprint density at radius 3 is 2.76 bits per heavy atom. The molecule has 0 amide bonds. The molecule has 0 radical (unpaired) electrons. The number of nitrogens with zero attached hydrogens (tertiary/aromatic N) is 4. The van der Waals surface area contributed by atoms with Crippen LogP contribution in [-0.2, 0) is 26.2 Å². The van der Waals surface area contributed by atoms with Crippen LogP contribution in [0, 0.1) is 6.92 Å². The minimum atomic E-state index is -2.38. The Bertz CT molecular complexity index is 553. The molecule has 0 spiro atoms. The van der Waals surface area contributed by atoms with Gasteiger partial charge < -0.3 is 5.32 Å². The zero-order chi connectivity index (χ0) is 14.5. The Balaban J connectivity index is 0.00000220. The number of hydrogen-bond acceptors (Lipinski definition) is 3. The van der Waals surface area contributed by atoms with Crippen molar-refractivity contribution in [3.63, 3.8) is 0 Å². The van der Waals surface area contributed by atoms with Crippen LogP contribution in [0.2, 0.25) is 0 Å². The van der Waals surface area contributed by atoms with Gasteiger partial charge in [-0.25, -0.2) is 8.78 Å². The number of aryl methyl sites for hydroxylation is 2. The van der Waals surface area contributed by atoms with E-state index in [0.717, 1.165) is 23.5 Å². The number of aromatic nitrogens is 4. The van der Waals surface area contributed by atoms with Gasteiger partial charge in [0, 0.05) is 25.8 Å². The van der Waals surface area contributed by atoms with E-state index in [0.29, 0.717) is 13.1 Å². The average molecular weight is 320 g/mol. The Morgan fingerprint density at radius 2 is 2.10 bits per heavy atom. The summed E-state index contributed by atoms with van der Waals surface area (Å²) in [6.45, 7) is 5.76. The zero-order valence-corrected chi connectivity index (χ0v) is 12.9. The quantitative estimate of drug-likeness (QED) is 0.852. The molecule has 2 rings (SSSR count). The lowest BCUT2D eigenvalue weighted by atomic mass is 10.2. The highest BCUT2D eigenvalue weighted by Gasteiger charge is 2.07. The van der Waals surface area contributed by atoms with Crippen molar-refractivity contribution < 1.29 is 8.78 Å². The van der Waals surface area contributed by atoms with Crippen LogP contribution in [0.15, 0.2) is 18.5 Å². The van der Waals surface area contributed by atoms with Crippen LogP contribution in [0.5, 0.6) is 0 Å². The van der Waals surface area contributed by atoms with Crippen molar-refractivity contribution in [1.29, 1.82) is 0 Å². The molecule has 2 aromatic rings. The standard InChI is InChI=1S/C13H19F2N5.ClH/c1-3-20-12(10(2)6-17-20)8-16-7-11-4-5-19(18-11)9-13(14)15;/h4-6,13,16H,3,7-9H2,1-2H3;1H. The molecule has 0 fully saturated rings. The van der Waals surface area contributed by atoms with Gasteiger partial charge in [-0.05, 0) is 25.5 Å². The van der Waals surface area contributed by atoms with Crippen LogP contribution in [0.25, 0.3) is 0 Å². The summed E-state index contributed by atoms with van der Waals surface area (Å²) in [5.74, 6) is 0. The zero-order valence-electron chi connectivity index (χ0n) is 12.1. The summed E-state index contributed by atoms with van der Waals surface area (Å²) >= 11 is 0. The van der Waals surface area contributed by atoms with Crippen LogP contribution >= 0.6 is 12.4 Å². The highest BCUT2D eigenvalue weighted by molar-refractivity contribution is 5.85. The summed E-state index contributed by atoms with van der Waals surface area (Å²) in [4.78, 5) is 0. The van der Waals surface area contributed by atoms with E-state index in [4.69, 9.17) is 0 Å². The third-order valence-electron chi connectivity index (χ3n) is 3.08. The molecule has 0 bridgehead atoms. The van der Waals surface area contributed by atoms with Crippen molar-refractivity contribution in [3.05, 3.63) is 35.4 Å². The maximum absolute atomic E-state index is 12.2. The summed E-state index contributed by atoms with van der Waals surface area (Å²) < 4.78 is 27.6. The van der Waals surface area contributed by atoms with Crippen molar-refractivity contribution in [1.82, 2.24) is 24.9 Å². The van der Waals surface area contributed by atoms with Crippen LogP contribution in [0.3, 0.4) is 0 Å². The number of hydrogen-bond donors (Lipinski definition) is 1. The van der Waals surface area contributed by atoms with Crippen molar-refractivity contribution in [2.45, 2.75) is 46.5 Å². The Kier molecular flexibility index (Phi) is 6.77. The summed E-state index contributed by atoms with van der Waals surface area (Å²) in [6.07, 6.45) is 1.04. The minimum absolute atomic E-state index is 0. The maximum Gasteiger partial charge on any atom is 0.257 e. The van der Waals surface area contributed by atoms with Gasteiger partial charge in [-0.3, -0.25) is 9.36 Å². The molecule has 0 aromatic carbocycles. The summed E-state index contributed by atoms with van der Waals surface area (Å²) in [5, 5.41) is 11.6. The summed E-state index contributed by atoms with van der Waals surface area (Å²) in [7, 11) is 0. The molecule has 0 aliphatic rings. The number of rotatable bonds is 7. The molecule has 0 saturated heterocycles. The molecule has 21 heavy (non-hydrogen) atoms. The summed E-state index contributed by atoms with van der Waals surface area (Å²) in [5.41, 5.74) is 3.04. The average Bonchev–Trinajstić information content (AvgIpc) is 2.97. The molecule has 8 heteroatoms. The highest BCUT2D eigenvalue weighted by Crippen LogP contribution is 2.07. The monoisotopic (exact) mass is 319 g/mol. The van der Waals surface area contributed by atoms with E-state index in [2.05, 4.69) is 15.5 Å². The van der Waals surface area contributed by atoms with Gasteiger partial charge in [0.15, 0.2) is 0 Å². The molecule has 1 N–H and O–H groups in total. The number of nitrogens with one attached hydrogen (secondary N) is 1. The van der Waals surface area contributed by atoms with E-state index >= 15 is 0 Å². The lowest BCUT2D eigenvalue weighted by Crippen LogP contribution is -2.17. The van der Waals surface area contributed by atoms with Crippen LogP contribution in [-0.4, -0.2) is 26.0 Å². The third kappa shape index (κ3) is 4.78. The molecular formula is C13H20ClF2N5. The van der Waals surface area contributed by atoms with Gasteiger partial charge in [0.25, 0.3) is 6.43 Å². The van der Waals surface area contributed by atoms with Gasteiger partial charge in [0.2, 0.25) is 0 Å². The van der Waals surface area contributed by atoms with E-state index in [1.807, 2.05) is 24.7 Å². The van der Waals surface area contributed by atoms with Gasteiger partial charge in [0.1, 0.15) is 6.54 Å². The van der Waals surface area contributed by atoms with Gasteiger partial charge in [-0.1, -0.05) is 0 Å². The number of alkyl halides is 2. The molecule has 0 aliphatic carbocycles. The van der Waals surface area contributed by atoms with E-state index in [9.17, 15) is 8.78 Å². The van der Waals surface area contributed by atoms with E-state index in [-0.39, 0.29) is 19.0 Å². The fourth-order valence-electron chi connectivity index (χ4n) is 2.06. The first-order valence-corrected chi connectivity index (χ1v) is 6.62. The van der Waals surface area contributed by atoms with Gasteiger partial charge in [0.05, 0.1) is 17.6 Å². The molecule has 0 aliphatic heterocycles. The first kappa shape index (κ1) is 17.6. The normalized spacial score (nSPS) is 10.9. The molecular weight excluding hydrogens is 300 g/mol. The minimum Gasteiger partial charge on any atom is -0.305 e. The van der Waals surface area contributed by atoms with Crippen LogP contribution in [0.1, 0.15) is 23.9 Å². The van der Waals surface area contributed by atoms with Crippen molar-refractivity contribution in [3.8, 4) is 0 Å². The predicted molar refractivity (Wildman–Crippen MR) is 78.7 cm³/mol. The van der Waals surface area contributed by atoms with Crippen molar-refractivity contribution in [2.75, 3.05) is 0 Å². The predicted octanol–water partition coefficient (Wildman–Crippen LogP) is 2.38. The molecule has 2 aromatic heterocycles. The molecule has 2 heterocycles. The third-order valence-corrected chi connectivity index (χ3v) is 3.08. The van der Waals surface area contributed by atoms with E-state index in [1.54, 1.807) is 12.3 Å². The topological polar surface area (TPSA) is 47.7 Å². The molecule has 0 unspecified atom stereocenters. The Morgan fingerprint density at radius 1 is 1.33 bits per heavy atom. The van der Waals surface area contributed by atoms with Crippen LogP contribution < -0.4 is 5.32 Å². The molecule has 118 valence electrons. The van der Waals surface area contributed by atoms with E-state index < -0.39 is 6.43 Å². The first-order chi connectivity index (χ1) is 9.60. The smallest absolute Gasteiger partial charge is 0.257 e.